The van der Waals surface area contributed by atoms with E-state index in [0.717, 1.165) is 5.56 Å². The minimum atomic E-state index is -0.567. The molecule has 1 atom stereocenters. The van der Waals surface area contributed by atoms with Crippen molar-refractivity contribution in [3.63, 3.8) is 0 Å². The first-order chi connectivity index (χ1) is 14.0. The minimum Gasteiger partial charge on any atom is -0.454 e. The van der Waals surface area contributed by atoms with Crippen LogP contribution in [0.25, 0.3) is 0 Å². The summed E-state index contributed by atoms with van der Waals surface area (Å²) < 4.78 is 23.9. The number of hydrogen-bond acceptors (Lipinski definition) is 6. The van der Waals surface area contributed by atoms with Gasteiger partial charge in [0.2, 0.25) is 18.6 Å². The average Bonchev–Trinajstić information content (AvgIpc) is 3.29. The van der Waals surface area contributed by atoms with Gasteiger partial charge >= 0.3 is 0 Å². The number of thioether (sulfide) groups is 1. The predicted molar refractivity (Wildman–Crippen MR) is 107 cm³/mol. The van der Waals surface area contributed by atoms with Crippen molar-refractivity contribution in [1.82, 2.24) is 10.2 Å². The molecule has 2 aliphatic heterocycles. The topological polar surface area (TPSA) is 80.2 Å². The fraction of sp³-hybridized carbons (Fsp3) is 0.250. The summed E-state index contributed by atoms with van der Waals surface area (Å²) in [7, 11) is 1.53. The third kappa shape index (κ3) is 4.19. The molecule has 1 saturated heterocycles. The van der Waals surface area contributed by atoms with Gasteiger partial charge in [-0.1, -0.05) is 17.8 Å². The maximum Gasteiger partial charge on any atom is 0.242 e. The second kappa shape index (κ2) is 8.12. The number of nitrogens with zero attached hydrogens (tertiary/aromatic N) is 2. The zero-order valence-corrected chi connectivity index (χ0v) is 16.4. The van der Waals surface area contributed by atoms with Crippen molar-refractivity contribution in [3.05, 3.63) is 53.8 Å². The number of nitrogens with one attached hydrogen (secondary N) is 1. The second-order valence-electron chi connectivity index (χ2n) is 6.47. The third-order valence-corrected chi connectivity index (χ3v) is 5.67. The smallest absolute Gasteiger partial charge is 0.242 e. The van der Waals surface area contributed by atoms with Crippen LogP contribution in [0.1, 0.15) is 12.0 Å². The van der Waals surface area contributed by atoms with Crippen LogP contribution in [0.4, 0.5) is 10.1 Å². The highest BCUT2D eigenvalue weighted by atomic mass is 32.2. The number of fused-ring (bicyclic) bond motifs is 1. The molecule has 150 valence electrons. The number of amides is 2. The number of benzene rings is 2. The Balaban J connectivity index is 1.62. The molecule has 1 fully saturated rings. The summed E-state index contributed by atoms with van der Waals surface area (Å²) in [4.78, 5) is 30.8. The largest absolute Gasteiger partial charge is 0.454 e. The molecule has 9 heteroatoms. The molecule has 1 N–H and O–H groups in total. The van der Waals surface area contributed by atoms with Gasteiger partial charge in [-0.3, -0.25) is 14.5 Å². The number of ether oxygens (including phenoxy) is 2. The first-order valence-corrected chi connectivity index (χ1v) is 9.83. The molecule has 2 heterocycles. The standard InChI is InChI=1S/C20H18FN3O4S/c1-22-18(25)9-17-19(26)24(10-12-2-7-15-16(8-12)28-11-27-15)20(29-17)23-14-5-3-13(21)4-6-14/h2-8,17H,9-11H2,1H3,(H,22,25)/t17-/m1/s1. The van der Waals surface area contributed by atoms with Gasteiger partial charge < -0.3 is 14.8 Å². The van der Waals surface area contributed by atoms with Crippen LogP contribution >= 0.6 is 11.8 Å². The van der Waals surface area contributed by atoms with Gasteiger partial charge in [0.05, 0.1) is 12.2 Å². The molecule has 2 aliphatic rings. The number of carbonyl (C=O) groups excluding carboxylic acids is 2. The summed E-state index contributed by atoms with van der Waals surface area (Å²) in [6.07, 6.45) is 0.0556. The van der Waals surface area contributed by atoms with Gasteiger partial charge in [0.15, 0.2) is 16.7 Å². The fourth-order valence-corrected chi connectivity index (χ4v) is 4.15. The Morgan fingerprint density at radius 2 is 2.00 bits per heavy atom. The van der Waals surface area contributed by atoms with Crippen molar-refractivity contribution in [1.29, 1.82) is 0 Å². The molecule has 0 radical (unpaired) electrons. The van der Waals surface area contributed by atoms with Crippen molar-refractivity contribution in [2.45, 2.75) is 18.2 Å². The first kappa shape index (κ1) is 19.3. The van der Waals surface area contributed by atoms with E-state index in [1.54, 1.807) is 11.0 Å². The molecule has 2 aromatic carbocycles. The molecule has 0 bridgehead atoms. The summed E-state index contributed by atoms with van der Waals surface area (Å²) >= 11 is 1.23. The van der Waals surface area contributed by atoms with Crippen molar-refractivity contribution < 1.29 is 23.5 Å². The predicted octanol–water partition coefficient (Wildman–Crippen LogP) is 2.82. The lowest BCUT2D eigenvalue weighted by atomic mass is 10.1. The number of carbonyl (C=O) groups is 2. The molecule has 2 aromatic rings. The van der Waals surface area contributed by atoms with E-state index in [2.05, 4.69) is 10.3 Å². The van der Waals surface area contributed by atoms with Gasteiger partial charge in [-0.15, -0.1) is 0 Å². The Bertz CT molecular complexity index is 980. The summed E-state index contributed by atoms with van der Waals surface area (Å²) in [5.41, 5.74) is 1.37. The summed E-state index contributed by atoms with van der Waals surface area (Å²) in [6, 6.07) is 11.2. The second-order valence-corrected chi connectivity index (χ2v) is 7.64. The number of hydrogen-bond donors (Lipinski definition) is 1. The van der Waals surface area contributed by atoms with Crippen LogP contribution in [0.5, 0.6) is 11.5 Å². The molecule has 0 unspecified atom stereocenters. The molecule has 7 nitrogen and oxygen atoms in total. The molecule has 4 rings (SSSR count). The summed E-state index contributed by atoms with van der Waals surface area (Å²) in [5, 5.41) is 2.44. The fourth-order valence-electron chi connectivity index (χ4n) is 2.99. The number of halogens is 1. The van der Waals surface area contributed by atoms with E-state index < -0.39 is 5.25 Å². The summed E-state index contributed by atoms with van der Waals surface area (Å²) in [5.74, 6) is 0.507. The van der Waals surface area contributed by atoms with Crippen LogP contribution in [0.15, 0.2) is 47.5 Å². The zero-order chi connectivity index (χ0) is 20.4. The number of rotatable bonds is 5. The lowest BCUT2D eigenvalue weighted by Gasteiger charge is -2.17. The molecular formula is C20H18FN3O4S. The van der Waals surface area contributed by atoms with Crippen molar-refractivity contribution >= 4 is 34.4 Å². The van der Waals surface area contributed by atoms with Gasteiger partial charge in [0.25, 0.3) is 0 Å². The third-order valence-electron chi connectivity index (χ3n) is 4.50. The van der Waals surface area contributed by atoms with E-state index in [1.807, 2.05) is 12.1 Å². The highest BCUT2D eigenvalue weighted by Gasteiger charge is 2.39. The number of amidine groups is 1. The van der Waals surface area contributed by atoms with E-state index in [9.17, 15) is 14.0 Å². The molecule has 0 spiro atoms. The molecular weight excluding hydrogens is 397 g/mol. The molecule has 29 heavy (non-hydrogen) atoms. The highest BCUT2D eigenvalue weighted by molar-refractivity contribution is 8.15. The Hall–Kier alpha value is -3.07. The molecule has 2 amide bonds. The van der Waals surface area contributed by atoms with Crippen LogP contribution in [0.3, 0.4) is 0 Å². The van der Waals surface area contributed by atoms with Crippen LogP contribution < -0.4 is 14.8 Å². The maximum absolute atomic E-state index is 13.2. The lowest BCUT2D eigenvalue weighted by molar-refractivity contribution is -0.129. The Morgan fingerprint density at radius 3 is 2.76 bits per heavy atom. The SMILES string of the molecule is CNC(=O)C[C@H]1SC(=Nc2ccc(F)cc2)N(Cc2ccc3c(c2)OCO3)C1=O. The van der Waals surface area contributed by atoms with Crippen molar-refractivity contribution in [3.8, 4) is 11.5 Å². The Morgan fingerprint density at radius 1 is 1.24 bits per heavy atom. The highest BCUT2D eigenvalue weighted by Crippen LogP contribution is 2.36. The van der Waals surface area contributed by atoms with Crippen LogP contribution in [0.2, 0.25) is 0 Å². The van der Waals surface area contributed by atoms with Gasteiger partial charge in [-0.25, -0.2) is 9.38 Å². The van der Waals surface area contributed by atoms with Crippen LogP contribution in [-0.2, 0) is 16.1 Å². The minimum absolute atomic E-state index is 0.0556. The monoisotopic (exact) mass is 415 g/mol. The lowest BCUT2D eigenvalue weighted by Crippen LogP contribution is -2.33. The van der Waals surface area contributed by atoms with Crippen molar-refractivity contribution in [2.24, 2.45) is 4.99 Å². The normalized spacial score (nSPS) is 19.1. The van der Waals surface area contributed by atoms with E-state index >= 15 is 0 Å². The van der Waals surface area contributed by atoms with Gasteiger partial charge in [-0.2, -0.15) is 0 Å². The summed E-state index contributed by atoms with van der Waals surface area (Å²) in [6.45, 7) is 0.440. The van der Waals surface area contributed by atoms with Crippen molar-refractivity contribution in [2.75, 3.05) is 13.8 Å². The van der Waals surface area contributed by atoms with E-state index in [-0.39, 0.29) is 37.4 Å². The van der Waals surface area contributed by atoms with E-state index in [1.165, 1.54) is 43.1 Å². The first-order valence-electron chi connectivity index (χ1n) is 8.95. The molecule has 0 aliphatic carbocycles. The Labute approximate surface area is 170 Å². The van der Waals surface area contributed by atoms with Crippen LogP contribution in [0, 0.1) is 5.82 Å². The molecule has 0 aromatic heterocycles. The van der Waals surface area contributed by atoms with Gasteiger partial charge in [0, 0.05) is 13.5 Å². The molecule has 0 saturated carbocycles. The van der Waals surface area contributed by atoms with Gasteiger partial charge in [-0.05, 0) is 42.0 Å². The maximum atomic E-state index is 13.2. The van der Waals surface area contributed by atoms with E-state index in [0.29, 0.717) is 22.4 Å². The quantitative estimate of drug-likeness (QED) is 0.812. The average molecular weight is 415 g/mol. The van der Waals surface area contributed by atoms with Crippen LogP contribution in [-0.4, -0.2) is 41.0 Å². The Kier molecular flexibility index (Phi) is 5.39. The van der Waals surface area contributed by atoms with Gasteiger partial charge in [0.1, 0.15) is 11.1 Å². The van der Waals surface area contributed by atoms with E-state index in [4.69, 9.17) is 9.47 Å². The zero-order valence-electron chi connectivity index (χ0n) is 15.6. The number of aliphatic imine (C=N–C) groups is 1.